The molecule has 0 radical (unpaired) electrons. The molecule has 0 N–H and O–H groups in total. The van der Waals surface area contributed by atoms with Gasteiger partial charge in [-0.25, -0.2) is 0 Å². The molecule has 2 bridgehead atoms. The number of pyridine rings is 1. The number of ether oxygens (including phenoxy) is 3. The van der Waals surface area contributed by atoms with Gasteiger partial charge in [-0.2, -0.15) is 0 Å². The Balaban J connectivity index is 1.65. The standard InChI is InChI=1S/C21H24N2O5/c1-26-17-8-14(9-18(27-2)20(17)28-3)21(25)22-10-13-7-15(12-22)16-5-4-6-19(24)23(16)11-13/h4-6,8-9,13,15H,7,10-12H2,1-3H3/t13-,15+/m0/s1. The molecule has 2 aliphatic heterocycles. The van der Waals surface area contributed by atoms with Crippen LogP contribution in [0.2, 0.25) is 0 Å². The van der Waals surface area contributed by atoms with Crippen molar-refractivity contribution in [1.82, 2.24) is 9.47 Å². The fraction of sp³-hybridized carbons (Fsp3) is 0.429. The van der Waals surface area contributed by atoms with Gasteiger partial charge in [0.1, 0.15) is 0 Å². The van der Waals surface area contributed by atoms with Gasteiger partial charge >= 0.3 is 0 Å². The predicted octanol–water partition coefficient (Wildman–Crippen LogP) is 2.13. The number of carbonyl (C=O) groups excluding carboxylic acids is 1. The van der Waals surface area contributed by atoms with E-state index < -0.39 is 0 Å². The number of hydrogen-bond donors (Lipinski definition) is 0. The Hall–Kier alpha value is -2.96. The number of likely N-dealkylation sites (tertiary alicyclic amines) is 1. The van der Waals surface area contributed by atoms with Crippen LogP contribution in [-0.4, -0.2) is 49.8 Å². The van der Waals surface area contributed by atoms with Crippen molar-refractivity contribution in [3.8, 4) is 17.2 Å². The monoisotopic (exact) mass is 384 g/mol. The van der Waals surface area contributed by atoms with Gasteiger partial charge in [0.05, 0.1) is 21.3 Å². The summed E-state index contributed by atoms with van der Waals surface area (Å²) in [6.45, 7) is 1.88. The summed E-state index contributed by atoms with van der Waals surface area (Å²) < 4.78 is 18.0. The van der Waals surface area contributed by atoms with Crippen molar-refractivity contribution < 1.29 is 19.0 Å². The zero-order valence-corrected chi connectivity index (χ0v) is 16.3. The molecule has 0 spiro atoms. The number of hydrogen-bond acceptors (Lipinski definition) is 5. The summed E-state index contributed by atoms with van der Waals surface area (Å²) in [6.07, 6.45) is 1.00. The first kappa shape index (κ1) is 18.4. The van der Waals surface area contributed by atoms with Crippen molar-refractivity contribution >= 4 is 5.91 Å². The van der Waals surface area contributed by atoms with Gasteiger partial charge in [0.2, 0.25) is 5.75 Å². The molecular formula is C21H24N2O5. The topological polar surface area (TPSA) is 70.0 Å². The van der Waals surface area contributed by atoms with Crippen LogP contribution in [0, 0.1) is 5.92 Å². The number of rotatable bonds is 4. The molecule has 2 aromatic rings. The van der Waals surface area contributed by atoms with E-state index in [2.05, 4.69) is 0 Å². The molecule has 1 fully saturated rings. The Morgan fingerprint density at radius 2 is 1.71 bits per heavy atom. The van der Waals surface area contributed by atoms with Crippen molar-refractivity contribution in [2.45, 2.75) is 18.9 Å². The Kier molecular flexibility index (Phi) is 4.75. The van der Waals surface area contributed by atoms with E-state index in [-0.39, 0.29) is 23.3 Å². The highest BCUT2D eigenvalue weighted by Gasteiger charge is 2.36. The molecular weight excluding hydrogens is 360 g/mol. The minimum Gasteiger partial charge on any atom is -0.493 e. The van der Waals surface area contributed by atoms with Crippen molar-refractivity contribution in [2.24, 2.45) is 5.92 Å². The minimum atomic E-state index is -0.0688. The first-order chi connectivity index (χ1) is 13.5. The van der Waals surface area contributed by atoms with Crippen LogP contribution in [0.25, 0.3) is 0 Å². The maximum absolute atomic E-state index is 13.3. The second-order valence-electron chi connectivity index (χ2n) is 7.32. The van der Waals surface area contributed by atoms with Gasteiger partial charge in [-0.05, 0) is 30.5 Å². The highest BCUT2D eigenvalue weighted by Crippen LogP contribution is 2.40. The lowest BCUT2D eigenvalue weighted by molar-refractivity contribution is 0.0594. The fourth-order valence-electron chi connectivity index (χ4n) is 4.45. The van der Waals surface area contributed by atoms with Gasteiger partial charge in [-0.3, -0.25) is 9.59 Å². The number of nitrogens with zero attached hydrogens (tertiary/aromatic N) is 2. The van der Waals surface area contributed by atoms with E-state index in [4.69, 9.17) is 14.2 Å². The molecule has 7 nitrogen and oxygen atoms in total. The first-order valence-corrected chi connectivity index (χ1v) is 9.34. The molecule has 1 amide bonds. The zero-order chi connectivity index (χ0) is 19.8. The average molecular weight is 384 g/mol. The van der Waals surface area contributed by atoms with E-state index in [1.54, 1.807) is 24.3 Å². The van der Waals surface area contributed by atoms with Gasteiger partial charge in [-0.1, -0.05) is 6.07 Å². The molecule has 1 saturated heterocycles. The largest absolute Gasteiger partial charge is 0.493 e. The fourth-order valence-corrected chi connectivity index (χ4v) is 4.45. The third-order valence-corrected chi connectivity index (χ3v) is 5.68. The van der Waals surface area contributed by atoms with Gasteiger partial charge in [0.15, 0.2) is 11.5 Å². The van der Waals surface area contributed by atoms with Crippen LogP contribution in [-0.2, 0) is 6.54 Å². The van der Waals surface area contributed by atoms with Crippen molar-refractivity contribution in [3.63, 3.8) is 0 Å². The number of carbonyl (C=O) groups is 1. The van der Waals surface area contributed by atoms with Crippen LogP contribution in [0.15, 0.2) is 35.1 Å². The maximum atomic E-state index is 13.3. The third kappa shape index (κ3) is 3.00. The predicted molar refractivity (Wildman–Crippen MR) is 104 cm³/mol. The summed E-state index contributed by atoms with van der Waals surface area (Å²) in [6, 6.07) is 8.77. The molecule has 2 aliphatic rings. The summed E-state index contributed by atoms with van der Waals surface area (Å²) in [5.74, 6) is 1.76. The average Bonchev–Trinajstić information content (AvgIpc) is 2.72. The van der Waals surface area contributed by atoms with Crippen LogP contribution in [0.5, 0.6) is 17.2 Å². The summed E-state index contributed by atoms with van der Waals surface area (Å²) in [4.78, 5) is 27.3. The highest BCUT2D eigenvalue weighted by molar-refractivity contribution is 5.95. The second-order valence-corrected chi connectivity index (χ2v) is 7.32. The number of aromatic nitrogens is 1. The van der Waals surface area contributed by atoms with Crippen molar-refractivity contribution in [1.29, 1.82) is 0 Å². The molecule has 148 valence electrons. The summed E-state index contributed by atoms with van der Waals surface area (Å²) in [7, 11) is 4.60. The zero-order valence-electron chi connectivity index (χ0n) is 16.3. The SMILES string of the molecule is COc1cc(C(=O)N2C[C@@H]3C[C@H](C2)c2cccc(=O)n2C3)cc(OC)c1OC. The lowest BCUT2D eigenvalue weighted by atomic mass is 9.83. The molecule has 0 aliphatic carbocycles. The van der Waals surface area contributed by atoms with Gasteiger partial charge < -0.3 is 23.7 Å². The summed E-state index contributed by atoms with van der Waals surface area (Å²) >= 11 is 0. The van der Waals surface area contributed by atoms with Crippen LogP contribution in [0.1, 0.15) is 28.4 Å². The van der Waals surface area contributed by atoms with E-state index in [0.29, 0.717) is 42.4 Å². The molecule has 1 aromatic carbocycles. The van der Waals surface area contributed by atoms with E-state index in [1.165, 1.54) is 21.3 Å². The highest BCUT2D eigenvalue weighted by atomic mass is 16.5. The number of fused-ring (bicyclic) bond motifs is 4. The summed E-state index contributed by atoms with van der Waals surface area (Å²) in [5, 5.41) is 0. The maximum Gasteiger partial charge on any atom is 0.254 e. The Morgan fingerprint density at radius 1 is 1.00 bits per heavy atom. The van der Waals surface area contributed by atoms with Gasteiger partial charge in [0.25, 0.3) is 11.5 Å². The van der Waals surface area contributed by atoms with E-state index in [0.717, 1.165) is 12.1 Å². The number of amides is 1. The molecule has 4 rings (SSSR count). The van der Waals surface area contributed by atoms with Crippen LogP contribution >= 0.6 is 0 Å². The quantitative estimate of drug-likeness (QED) is 0.808. The smallest absolute Gasteiger partial charge is 0.254 e. The molecule has 0 saturated carbocycles. The Bertz CT molecular complexity index is 943. The van der Waals surface area contributed by atoms with Crippen LogP contribution < -0.4 is 19.8 Å². The van der Waals surface area contributed by atoms with Gasteiger partial charge in [-0.15, -0.1) is 0 Å². The Morgan fingerprint density at radius 3 is 2.36 bits per heavy atom. The van der Waals surface area contributed by atoms with E-state index >= 15 is 0 Å². The van der Waals surface area contributed by atoms with Crippen LogP contribution in [0.4, 0.5) is 0 Å². The summed E-state index contributed by atoms with van der Waals surface area (Å²) in [5.41, 5.74) is 1.56. The number of piperidine rings is 1. The first-order valence-electron chi connectivity index (χ1n) is 9.34. The van der Waals surface area contributed by atoms with E-state index in [9.17, 15) is 9.59 Å². The minimum absolute atomic E-state index is 0.0385. The van der Waals surface area contributed by atoms with Crippen molar-refractivity contribution in [3.05, 3.63) is 51.9 Å². The molecule has 7 heteroatoms. The third-order valence-electron chi connectivity index (χ3n) is 5.68. The molecule has 0 unspecified atom stereocenters. The lowest BCUT2D eigenvalue weighted by Gasteiger charge is -2.42. The molecule has 3 heterocycles. The Labute approximate surface area is 163 Å². The van der Waals surface area contributed by atoms with Gasteiger partial charge in [0, 0.05) is 42.9 Å². The van der Waals surface area contributed by atoms with E-state index in [1.807, 2.05) is 15.5 Å². The van der Waals surface area contributed by atoms with Crippen molar-refractivity contribution in [2.75, 3.05) is 34.4 Å². The number of benzene rings is 1. The second kappa shape index (κ2) is 7.22. The van der Waals surface area contributed by atoms with Crippen LogP contribution in [0.3, 0.4) is 0 Å². The molecule has 28 heavy (non-hydrogen) atoms. The normalized spacial score (nSPS) is 20.3. The molecule has 2 atom stereocenters. The molecule has 1 aromatic heterocycles. The lowest BCUT2D eigenvalue weighted by Crippen LogP contribution is -2.49. The number of methoxy groups -OCH3 is 3.